The van der Waals surface area contributed by atoms with Gasteiger partial charge < -0.3 is 37.2 Å². The van der Waals surface area contributed by atoms with Crippen LogP contribution in [-0.4, -0.2) is 0 Å². The van der Waals surface area contributed by atoms with Crippen LogP contribution in [0.4, 0.5) is 0 Å². The standard InChI is InChI=1S/C24H21.3ClH.Ti/c1-17-7-5-10-20(15-17)24(21-11-6-8-18(2)16-21)23-14-13-19-9-3-4-12-22(19)23;;;;/h3-16,24H,1-2H3;3*1H;/q;;;;+3/p-3. The zero-order chi connectivity index (χ0) is 17.4. The molecule has 0 nitrogen and oxygen atoms in total. The van der Waals surface area contributed by atoms with Crippen molar-refractivity contribution < 1.29 is 57.7 Å². The summed E-state index contributed by atoms with van der Waals surface area (Å²) in [5.41, 5.74) is 8.16. The number of fused-ring (bicyclic) bond motifs is 1. The van der Waals surface area contributed by atoms with Crippen LogP contribution < -0.4 is 37.2 Å². The molecule has 1 unspecified atom stereocenters. The van der Waals surface area contributed by atoms with E-state index in [-0.39, 0.29) is 40.9 Å². The zero-order valence-corrected chi connectivity index (χ0v) is 19.6. The number of hydrogen-bond acceptors (Lipinski definition) is 0. The number of allylic oxidation sites excluding steroid dienone is 1. The molecule has 4 heteroatoms. The summed E-state index contributed by atoms with van der Waals surface area (Å²) in [4.78, 5) is 0. The van der Waals surface area contributed by atoms with Crippen LogP contribution in [0.1, 0.15) is 39.3 Å². The summed E-state index contributed by atoms with van der Waals surface area (Å²) in [6.07, 6.45) is 4.68. The van der Waals surface area contributed by atoms with Crippen molar-refractivity contribution in [2.24, 2.45) is 0 Å². The third kappa shape index (κ3) is 4.59. The van der Waals surface area contributed by atoms with Gasteiger partial charge in [-0.3, -0.25) is 0 Å². The molecule has 1 aliphatic rings. The van der Waals surface area contributed by atoms with Crippen LogP contribution in [0.15, 0.2) is 78.9 Å². The van der Waals surface area contributed by atoms with Crippen molar-refractivity contribution in [2.75, 3.05) is 0 Å². The normalized spacial score (nSPS) is 16.6. The van der Waals surface area contributed by atoms with Gasteiger partial charge in [-0.2, -0.15) is 0 Å². The van der Waals surface area contributed by atoms with E-state index >= 15 is 0 Å². The SMILES string of the molecule is Cc1cccc(C(c2cccc(C)c2)[C]2([Ti+3])C=Cc3ccccc32)c1.[Cl-].[Cl-].[Cl-]. The van der Waals surface area contributed by atoms with E-state index in [0.717, 1.165) is 0 Å². The van der Waals surface area contributed by atoms with Crippen LogP contribution in [-0.2, 0) is 24.2 Å². The summed E-state index contributed by atoms with van der Waals surface area (Å²) in [7, 11) is 0. The van der Waals surface area contributed by atoms with Crippen molar-refractivity contribution in [2.45, 2.75) is 23.5 Å². The molecule has 0 amide bonds. The van der Waals surface area contributed by atoms with Gasteiger partial charge in [0, 0.05) is 0 Å². The molecule has 4 rings (SSSR count). The maximum Gasteiger partial charge on any atom is -1.00 e. The van der Waals surface area contributed by atoms with Gasteiger partial charge >= 0.3 is 162 Å². The Kier molecular flexibility index (Phi) is 9.07. The minimum atomic E-state index is -0.0435. The summed E-state index contributed by atoms with van der Waals surface area (Å²) >= 11 is 2.38. The topological polar surface area (TPSA) is 0 Å². The molecule has 3 aromatic rings. The molecule has 0 spiro atoms. The molecular weight excluding hydrogens is 442 g/mol. The molecular formula is C24H21Cl3Ti. The quantitative estimate of drug-likeness (QED) is 0.362. The molecule has 0 radical (unpaired) electrons. The molecule has 3 aromatic carbocycles. The van der Waals surface area contributed by atoms with E-state index in [2.05, 4.69) is 119 Å². The smallest absolute Gasteiger partial charge is 1.00 e. The van der Waals surface area contributed by atoms with Gasteiger partial charge in [-0.1, -0.05) is 0 Å². The van der Waals surface area contributed by atoms with Crippen molar-refractivity contribution in [3.8, 4) is 0 Å². The van der Waals surface area contributed by atoms with E-state index in [4.69, 9.17) is 0 Å². The van der Waals surface area contributed by atoms with Gasteiger partial charge in [-0.15, -0.1) is 0 Å². The molecule has 0 heterocycles. The second-order valence-electron chi connectivity index (χ2n) is 7.05. The summed E-state index contributed by atoms with van der Waals surface area (Å²) in [5, 5.41) is 0. The van der Waals surface area contributed by atoms with Gasteiger partial charge in [0.25, 0.3) is 0 Å². The average Bonchev–Trinajstić information content (AvgIpc) is 2.93. The maximum absolute atomic E-state index is 2.40. The molecule has 1 atom stereocenters. The number of hydrogen-bond donors (Lipinski definition) is 0. The number of benzene rings is 3. The fourth-order valence-corrected chi connectivity index (χ4v) is 5.01. The van der Waals surface area contributed by atoms with E-state index in [1.807, 2.05) is 0 Å². The summed E-state index contributed by atoms with van der Waals surface area (Å²) in [6, 6.07) is 26.8. The minimum Gasteiger partial charge on any atom is -1.00 e. The Bertz CT molecular complexity index is 922. The molecule has 0 N–H and O–H groups in total. The van der Waals surface area contributed by atoms with Crippen LogP contribution in [0.3, 0.4) is 0 Å². The van der Waals surface area contributed by atoms with Gasteiger partial charge in [0.1, 0.15) is 0 Å². The van der Waals surface area contributed by atoms with E-state index in [1.165, 1.54) is 33.4 Å². The number of halogens is 3. The molecule has 0 bridgehead atoms. The Labute approximate surface area is 198 Å². The average molecular weight is 464 g/mol. The van der Waals surface area contributed by atoms with Gasteiger partial charge in [0.2, 0.25) is 0 Å². The molecule has 0 aromatic heterocycles. The molecule has 0 fully saturated rings. The fraction of sp³-hybridized carbons (Fsp3) is 0.167. The predicted molar refractivity (Wildman–Crippen MR) is 101 cm³/mol. The van der Waals surface area contributed by atoms with Crippen molar-refractivity contribution in [1.29, 1.82) is 0 Å². The first-order valence-corrected chi connectivity index (χ1v) is 9.53. The van der Waals surface area contributed by atoms with Crippen molar-refractivity contribution in [1.82, 2.24) is 0 Å². The summed E-state index contributed by atoms with van der Waals surface area (Å²) in [5.74, 6) is 0.298. The first-order chi connectivity index (χ1) is 12.1. The summed E-state index contributed by atoms with van der Waals surface area (Å²) in [6.45, 7) is 4.36. The van der Waals surface area contributed by atoms with Crippen LogP contribution in [0, 0.1) is 13.8 Å². The Balaban J connectivity index is 0.00000131. The van der Waals surface area contributed by atoms with Crippen molar-refractivity contribution >= 4 is 6.08 Å². The first kappa shape index (κ1) is 25.0. The Morgan fingerprint density at radius 2 is 1.25 bits per heavy atom. The summed E-state index contributed by atoms with van der Waals surface area (Å²) < 4.78 is -0.0435. The van der Waals surface area contributed by atoms with E-state index in [1.54, 1.807) is 0 Å². The van der Waals surface area contributed by atoms with Gasteiger partial charge in [0.15, 0.2) is 0 Å². The molecule has 0 saturated heterocycles. The molecule has 142 valence electrons. The second kappa shape index (κ2) is 10.1. The second-order valence-corrected chi connectivity index (χ2v) is 8.34. The number of rotatable bonds is 3. The molecule has 0 aliphatic heterocycles. The Morgan fingerprint density at radius 1 is 0.714 bits per heavy atom. The van der Waals surface area contributed by atoms with Crippen LogP contribution in [0.2, 0.25) is 0 Å². The minimum absolute atomic E-state index is 0. The Hall–Kier alpha value is -1.02. The molecule has 1 aliphatic carbocycles. The third-order valence-electron chi connectivity index (χ3n) is 5.14. The zero-order valence-electron chi connectivity index (χ0n) is 15.8. The number of aryl methyl sites for hydroxylation is 2. The third-order valence-corrected chi connectivity index (χ3v) is 6.27. The molecule has 0 saturated carbocycles. The predicted octanol–water partition coefficient (Wildman–Crippen LogP) is -3.08. The Morgan fingerprint density at radius 3 is 1.79 bits per heavy atom. The van der Waals surface area contributed by atoms with Crippen LogP contribution in [0.5, 0.6) is 0 Å². The largest absolute Gasteiger partial charge is 1.00 e. The van der Waals surface area contributed by atoms with Gasteiger partial charge in [-0.05, 0) is 0 Å². The fourth-order valence-electron chi connectivity index (χ4n) is 4.00. The van der Waals surface area contributed by atoms with Gasteiger partial charge in [-0.25, -0.2) is 0 Å². The van der Waals surface area contributed by atoms with Crippen LogP contribution in [0.25, 0.3) is 6.08 Å². The van der Waals surface area contributed by atoms with Crippen molar-refractivity contribution in [3.63, 3.8) is 0 Å². The first-order valence-electron chi connectivity index (χ1n) is 8.75. The van der Waals surface area contributed by atoms with Crippen LogP contribution >= 0.6 is 0 Å². The van der Waals surface area contributed by atoms with E-state index in [0.29, 0.717) is 5.92 Å². The van der Waals surface area contributed by atoms with E-state index < -0.39 is 0 Å². The monoisotopic (exact) mass is 462 g/mol. The van der Waals surface area contributed by atoms with E-state index in [9.17, 15) is 0 Å². The van der Waals surface area contributed by atoms with Gasteiger partial charge in [0.05, 0.1) is 0 Å². The molecule has 28 heavy (non-hydrogen) atoms. The maximum atomic E-state index is 2.40. The van der Waals surface area contributed by atoms with Crippen molar-refractivity contribution in [3.05, 3.63) is 112 Å².